The molecular weight excluding hydrogens is 328 g/mol. The fourth-order valence-electron chi connectivity index (χ4n) is 4.12. The molecule has 0 unspecified atom stereocenters. The van der Waals surface area contributed by atoms with E-state index in [1.165, 1.54) is 6.33 Å². The van der Waals surface area contributed by atoms with Gasteiger partial charge < -0.3 is 9.88 Å². The maximum absolute atomic E-state index is 12.7. The van der Waals surface area contributed by atoms with Crippen molar-refractivity contribution in [3.8, 4) is 17.1 Å². The lowest BCUT2D eigenvalue weighted by molar-refractivity contribution is 0.257. The molecular formula is C19H20N6O. The molecule has 5 heterocycles. The number of hydrogen-bond donors (Lipinski definition) is 1. The zero-order valence-electron chi connectivity index (χ0n) is 14.6. The molecule has 26 heavy (non-hydrogen) atoms. The highest BCUT2D eigenvalue weighted by Gasteiger charge is 2.31. The number of pyridine rings is 1. The molecule has 0 radical (unpaired) electrons. The highest BCUT2D eigenvalue weighted by molar-refractivity contribution is 5.61. The summed E-state index contributed by atoms with van der Waals surface area (Å²) < 4.78 is 3.67. The fourth-order valence-corrected chi connectivity index (χ4v) is 4.12. The molecule has 0 aliphatic carbocycles. The van der Waals surface area contributed by atoms with Gasteiger partial charge >= 0.3 is 0 Å². The third-order valence-corrected chi connectivity index (χ3v) is 5.36. The van der Waals surface area contributed by atoms with Gasteiger partial charge in [-0.1, -0.05) is 0 Å². The van der Waals surface area contributed by atoms with Gasteiger partial charge in [-0.15, -0.1) is 0 Å². The average Bonchev–Trinajstić information content (AvgIpc) is 3.09. The van der Waals surface area contributed by atoms with Crippen LogP contribution in [0.5, 0.6) is 0 Å². The Kier molecular flexibility index (Phi) is 3.49. The van der Waals surface area contributed by atoms with Crippen LogP contribution in [0.15, 0.2) is 41.7 Å². The second kappa shape index (κ2) is 5.88. The Hall–Kier alpha value is -2.80. The molecule has 2 bridgehead atoms. The Morgan fingerprint density at radius 3 is 2.96 bits per heavy atom. The molecule has 1 N–H and O–H groups in total. The maximum Gasteiger partial charge on any atom is 0.251 e. The maximum atomic E-state index is 12.7. The number of hydrogen-bond acceptors (Lipinski definition) is 5. The number of nitrogens with zero attached hydrogens (tertiary/aromatic N) is 5. The summed E-state index contributed by atoms with van der Waals surface area (Å²) in [5.41, 5.74) is 3.83. The van der Waals surface area contributed by atoms with Crippen LogP contribution in [0, 0.1) is 12.8 Å². The molecule has 2 aliphatic heterocycles. The van der Waals surface area contributed by atoms with E-state index in [0.717, 1.165) is 48.6 Å². The largest absolute Gasteiger partial charge is 0.316 e. The molecule has 5 rings (SSSR count). The minimum atomic E-state index is 0.0594. The topological polar surface area (TPSA) is 77.6 Å². The highest BCUT2D eigenvalue weighted by Crippen LogP contribution is 2.33. The summed E-state index contributed by atoms with van der Waals surface area (Å²) in [5.74, 6) is 1.64. The van der Waals surface area contributed by atoms with E-state index in [2.05, 4.69) is 26.4 Å². The average molecular weight is 348 g/mol. The predicted molar refractivity (Wildman–Crippen MR) is 97.3 cm³/mol. The second-order valence-electron chi connectivity index (χ2n) is 7.30. The van der Waals surface area contributed by atoms with Crippen molar-refractivity contribution in [3.63, 3.8) is 0 Å². The smallest absolute Gasteiger partial charge is 0.251 e. The molecule has 7 nitrogen and oxygen atoms in total. The number of rotatable bonds is 2. The molecule has 1 fully saturated rings. The summed E-state index contributed by atoms with van der Waals surface area (Å²) in [6, 6.07) is 5.69. The first-order valence-corrected chi connectivity index (χ1v) is 8.97. The molecule has 2 atom stereocenters. The van der Waals surface area contributed by atoms with Crippen LogP contribution >= 0.6 is 0 Å². The fraction of sp³-hybridized carbons (Fsp3) is 0.368. The van der Waals surface area contributed by atoms with Crippen LogP contribution in [-0.4, -0.2) is 37.4 Å². The minimum absolute atomic E-state index is 0.0594. The summed E-state index contributed by atoms with van der Waals surface area (Å²) in [5, 5.41) is 7.79. The second-order valence-corrected chi connectivity index (χ2v) is 7.30. The number of fused-ring (bicyclic) bond motifs is 4. The van der Waals surface area contributed by atoms with Crippen LogP contribution in [-0.2, 0) is 6.54 Å². The molecule has 3 aromatic rings. The van der Waals surface area contributed by atoms with E-state index in [1.807, 2.05) is 23.8 Å². The Morgan fingerprint density at radius 2 is 2.12 bits per heavy atom. The van der Waals surface area contributed by atoms with Gasteiger partial charge in [-0.05, 0) is 37.4 Å². The molecule has 0 spiro atoms. The lowest BCUT2D eigenvalue weighted by Crippen LogP contribution is -2.44. The van der Waals surface area contributed by atoms with E-state index in [0.29, 0.717) is 17.7 Å². The van der Waals surface area contributed by atoms with E-state index in [9.17, 15) is 4.79 Å². The monoisotopic (exact) mass is 348 g/mol. The summed E-state index contributed by atoms with van der Waals surface area (Å²) in [6.45, 7) is 4.73. The van der Waals surface area contributed by atoms with Crippen LogP contribution in [0.1, 0.15) is 23.6 Å². The number of nitrogens with one attached hydrogen (secondary N) is 1. The Bertz CT molecular complexity index is 1040. The van der Waals surface area contributed by atoms with Gasteiger partial charge in [-0.25, -0.2) is 14.6 Å². The van der Waals surface area contributed by atoms with Gasteiger partial charge in [0, 0.05) is 48.6 Å². The molecule has 3 aromatic heterocycles. The van der Waals surface area contributed by atoms with Crippen LogP contribution in [0.2, 0.25) is 0 Å². The lowest BCUT2D eigenvalue weighted by Gasteiger charge is -2.37. The van der Waals surface area contributed by atoms with Crippen LogP contribution in [0.4, 0.5) is 0 Å². The van der Waals surface area contributed by atoms with Crippen molar-refractivity contribution < 1.29 is 0 Å². The minimum Gasteiger partial charge on any atom is -0.316 e. The first kappa shape index (κ1) is 15.5. The normalized spacial score (nSPS) is 21.4. The SMILES string of the molecule is Cc1cnn(-c2cc(-c3cc4n(c(=O)c3)C[C@@H]3CNC[C@H]4C3)ncn2)c1. The molecule has 0 amide bonds. The predicted octanol–water partition coefficient (Wildman–Crippen LogP) is 1.51. The molecule has 0 saturated carbocycles. The zero-order chi connectivity index (χ0) is 17.7. The number of aromatic nitrogens is 5. The van der Waals surface area contributed by atoms with E-state index < -0.39 is 0 Å². The van der Waals surface area contributed by atoms with Crippen molar-refractivity contribution in [2.45, 2.75) is 25.8 Å². The van der Waals surface area contributed by atoms with Crippen molar-refractivity contribution >= 4 is 0 Å². The molecule has 1 saturated heterocycles. The highest BCUT2D eigenvalue weighted by atomic mass is 16.1. The number of aryl methyl sites for hydroxylation is 1. The molecule has 7 heteroatoms. The van der Waals surface area contributed by atoms with Gasteiger partial charge in [0.15, 0.2) is 5.82 Å². The summed E-state index contributed by atoms with van der Waals surface area (Å²) in [7, 11) is 0. The van der Waals surface area contributed by atoms with E-state index in [1.54, 1.807) is 16.9 Å². The quantitative estimate of drug-likeness (QED) is 0.759. The van der Waals surface area contributed by atoms with Gasteiger partial charge in [0.25, 0.3) is 5.56 Å². The van der Waals surface area contributed by atoms with Crippen LogP contribution < -0.4 is 10.9 Å². The van der Waals surface area contributed by atoms with Crippen molar-refractivity contribution in [2.24, 2.45) is 5.92 Å². The molecule has 0 aromatic carbocycles. The van der Waals surface area contributed by atoms with Crippen molar-refractivity contribution in [3.05, 3.63) is 58.5 Å². The first-order chi connectivity index (χ1) is 12.7. The zero-order valence-corrected chi connectivity index (χ0v) is 14.6. The lowest BCUT2D eigenvalue weighted by atomic mass is 9.83. The van der Waals surface area contributed by atoms with E-state index in [4.69, 9.17) is 0 Å². The van der Waals surface area contributed by atoms with Crippen LogP contribution in [0.3, 0.4) is 0 Å². The van der Waals surface area contributed by atoms with Gasteiger partial charge in [-0.2, -0.15) is 5.10 Å². The van der Waals surface area contributed by atoms with Crippen molar-refractivity contribution in [1.29, 1.82) is 0 Å². The molecule has 2 aliphatic rings. The Morgan fingerprint density at radius 1 is 1.19 bits per heavy atom. The Labute approximate surface area is 150 Å². The summed E-state index contributed by atoms with van der Waals surface area (Å²) in [4.78, 5) is 21.4. The third-order valence-electron chi connectivity index (χ3n) is 5.36. The van der Waals surface area contributed by atoms with Crippen LogP contribution in [0.25, 0.3) is 17.1 Å². The Balaban J connectivity index is 1.59. The van der Waals surface area contributed by atoms with E-state index >= 15 is 0 Å². The van der Waals surface area contributed by atoms with Crippen molar-refractivity contribution in [2.75, 3.05) is 13.1 Å². The number of piperidine rings is 1. The van der Waals surface area contributed by atoms with E-state index in [-0.39, 0.29) is 5.56 Å². The third kappa shape index (κ3) is 2.55. The summed E-state index contributed by atoms with van der Waals surface area (Å²) in [6.07, 6.45) is 6.38. The summed E-state index contributed by atoms with van der Waals surface area (Å²) >= 11 is 0. The van der Waals surface area contributed by atoms with Gasteiger partial charge in [0.1, 0.15) is 6.33 Å². The van der Waals surface area contributed by atoms with Gasteiger partial charge in [0.05, 0.1) is 11.9 Å². The standard InChI is InChI=1S/C19H20N6O/c1-12-6-23-25(9-12)18-5-16(21-11-22-18)14-3-17-15-2-13(7-20-8-15)10-24(17)19(26)4-14/h3-6,9,11,13,15,20H,2,7-8,10H2,1H3/t13-,15+/m0/s1. The van der Waals surface area contributed by atoms with Crippen molar-refractivity contribution in [1.82, 2.24) is 29.6 Å². The molecule has 132 valence electrons. The van der Waals surface area contributed by atoms with Gasteiger partial charge in [0.2, 0.25) is 0 Å². The van der Waals surface area contributed by atoms with Gasteiger partial charge in [-0.3, -0.25) is 4.79 Å². The first-order valence-electron chi connectivity index (χ1n) is 8.97.